The minimum absolute atomic E-state index is 0.308. The fourth-order valence-electron chi connectivity index (χ4n) is 5.45. The zero-order chi connectivity index (χ0) is 28.1. The molecule has 0 atom stereocenters. The van der Waals surface area contributed by atoms with Crippen molar-refractivity contribution < 1.29 is 14.3 Å². The molecule has 200 valence electrons. The first-order valence-electron chi connectivity index (χ1n) is 13.4. The van der Waals surface area contributed by atoms with Crippen molar-refractivity contribution in [3.8, 4) is 28.0 Å². The molecule has 1 heterocycles. The van der Waals surface area contributed by atoms with Crippen molar-refractivity contribution in [1.29, 1.82) is 0 Å². The van der Waals surface area contributed by atoms with Crippen LogP contribution in [0.25, 0.3) is 44.0 Å². The summed E-state index contributed by atoms with van der Waals surface area (Å²) in [5.74, 6) is 0.308. The Hall–Kier alpha value is -3.89. The zero-order valence-corrected chi connectivity index (χ0v) is 23.8. The van der Waals surface area contributed by atoms with Gasteiger partial charge in [-0.2, -0.15) is 0 Å². The lowest BCUT2D eigenvalue weighted by molar-refractivity contribution is 0.185. The molecule has 0 aliphatic heterocycles. The molecule has 0 aliphatic carbocycles. The second-order valence-corrected chi connectivity index (χ2v) is 12.3. The number of benzene rings is 4. The van der Waals surface area contributed by atoms with Gasteiger partial charge in [0.25, 0.3) is 0 Å². The first-order valence-corrected chi connectivity index (χ1v) is 13.4. The van der Waals surface area contributed by atoms with Gasteiger partial charge in [-0.15, -0.1) is 0 Å². The summed E-state index contributed by atoms with van der Waals surface area (Å²) in [7, 11) is 1.68. The normalized spacial score (nSPS) is 12.4. The van der Waals surface area contributed by atoms with E-state index in [1.54, 1.807) is 7.11 Å². The summed E-state index contributed by atoms with van der Waals surface area (Å²) in [6, 6.07) is 24.0. The smallest absolute Gasteiger partial charge is 0.344 e. The SMILES string of the molecule is COCc1c(-c2ccccc2)cc2c(oc(=O)c3ccccc32)c1-c1cc(C(C)(C)C)c(O)c(C(C)(C)C)c1. The van der Waals surface area contributed by atoms with Crippen molar-refractivity contribution >= 4 is 21.7 Å². The fraction of sp³-hybridized carbons (Fsp3) is 0.286. The molecule has 0 aliphatic rings. The molecule has 1 N–H and O–H groups in total. The van der Waals surface area contributed by atoms with Crippen molar-refractivity contribution in [3.63, 3.8) is 0 Å². The number of rotatable bonds is 4. The molecule has 0 fully saturated rings. The number of fused-ring (bicyclic) bond motifs is 3. The number of hydrogen-bond acceptors (Lipinski definition) is 4. The second kappa shape index (κ2) is 9.69. The van der Waals surface area contributed by atoms with E-state index >= 15 is 0 Å². The average molecular weight is 521 g/mol. The summed E-state index contributed by atoms with van der Waals surface area (Å²) < 4.78 is 11.9. The van der Waals surface area contributed by atoms with E-state index < -0.39 is 0 Å². The highest BCUT2D eigenvalue weighted by atomic mass is 16.5. The second-order valence-electron chi connectivity index (χ2n) is 12.3. The highest BCUT2D eigenvalue weighted by Gasteiger charge is 2.29. The molecule has 0 spiro atoms. The van der Waals surface area contributed by atoms with Crippen LogP contribution in [-0.2, 0) is 22.2 Å². The van der Waals surface area contributed by atoms with Crippen molar-refractivity contribution in [1.82, 2.24) is 0 Å². The molecule has 0 saturated heterocycles. The number of phenolic OH excluding ortho intramolecular Hbond substituents is 1. The Morgan fingerprint density at radius 1 is 0.744 bits per heavy atom. The van der Waals surface area contributed by atoms with Gasteiger partial charge in [-0.05, 0) is 62.7 Å². The third-order valence-corrected chi connectivity index (χ3v) is 7.41. The van der Waals surface area contributed by atoms with Gasteiger partial charge in [-0.3, -0.25) is 0 Å². The van der Waals surface area contributed by atoms with Crippen LogP contribution in [0.15, 0.2) is 82.0 Å². The molecule has 0 bridgehead atoms. The van der Waals surface area contributed by atoms with Gasteiger partial charge in [0.1, 0.15) is 11.3 Å². The summed E-state index contributed by atoms with van der Waals surface area (Å²) >= 11 is 0. The Labute approximate surface area is 229 Å². The standard InChI is InChI=1S/C35H36O4/c1-34(2,3)28-17-22(18-29(31(28)36)35(4,5)6)30-27(20-38-7)25(21-13-9-8-10-14-21)19-26-23-15-11-12-16-24(23)33(37)39-32(26)30/h8-19,36H,20H2,1-7H3. The number of hydrogen-bond donors (Lipinski definition) is 1. The Morgan fingerprint density at radius 3 is 1.87 bits per heavy atom. The van der Waals surface area contributed by atoms with Crippen LogP contribution >= 0.6 is 0 Å². The maximum Gasteiger partial charge on any atom is 0.344 e. The van der Waals surface area contributed by atoms with Crippen LogP contribution < -0.4 is 5.63 Å². The van der Waals surface area contributed by atoms with E-state index in [4.69, 9.17) is 9.15 Å². The van der Waals surface area contributed by atoms with E-state index in [-0.39, 0.29) is 16.5 Å². The summed E-state index contributed by atoms with van der Waals surface area (Å²) in [5, 5.41) is 13.7. The minimum Gasteiger partial charge on any atom is -0.507 e. The lowest BCUT2D eigenvalue weighted by Crippen LogP contribution is -2.17. The van der Waals surface area contributed by atoms with E-state index in [0.717, 1.165) is 49.7 Å². The Balaban J connectivity index is 2.04. The summed E-state index contributed by atoms with van der Waals surface area (Å²) in [6.45, 7) is 12.9. The maximum atomic E-state index is 13.3. The van der Waals surface area contributed by atoms with Gasteiger partial charge in [0.2, 0.25) is 0 Å². The molecule has 0 radical (unpaired) electrons. The van der Waals surface area contributed by atoms with Gasteiger partial charge < -0.3 is 14.3 Å². The van der Waals surface area contributed by atoms with Crippen molar-refractivity contribution in [2.24, 2.45) is 0 Å². The molecule has 4 aromatic carbocycles. The Bertz CT molecular complexity index is 1710. The van der Waals surface area contributed by atoms with Crippen LogP contribution in [0.1, 0.15) is 58.2 Å². The molecular formula is C35H36O4. The van der Waals surface area contributed by atoms with Crippen molar-refractivity contribution in [3.05, 3.63) is 99.9 Å². The average Bonchev–Trinajstić information content (AvgIpc) is 2.88. The first-order chi connectivity index (χ1) is 18.4. The molecule has 1 aromatic heterocycles. The highest BCUT2D eigenvalue weighted by molar-refractivity contribution is 6.11. The Kier molecular flexibility index (Phi) is 6.64. The van der Waals surface area contributed by atoms with Gasteiger partial charge in [0.15, 0.2) is 0 Å². The van der Waals surface area contributed by atoms with Gasteiger partial charge in [0.05, 0.1) is 12.0 Å². The first kappa shape index (κ1) is 26.7. The molecule has 0 saturated carbocycles. The molecule has 0 unspecified atom stereocenters. The topological polar surface area (TPSA) is 59.7 Å². The summed E-state index contributed by atoms with van der Waals surface area (Å²) in [4.78, 5) is 13.3. The van der Waals surface area contributed by atoms with Gasteiger partial charge in [-0.25, -0.2) is 4.79 Å². The van der Waals surface area contributed by atoms with Crippen LogP contribution in [0, 0.1) is 0 Å². The quantitative estimate of drug-likeness (QED) is 0.190. The lowest BCUT2D eigenvalue weighted by Gasteiger charge is -2.29. The van der Waals surface area contributed by atoms with Crippen molar-refractivity contribution in [2.75, 3.05) is 7.11 Å². The molecule has 4 nitrogen and oxygen atoms in total. The highest BCUT2D eigenvalue weighted by Crippen LogP contribution is 2.46. The molecule has 5 aromatic rings. The summed E-state index contributed by atoms with van der Waals surface area (Å²) in [6.07, 6.45) is 0. The van der Waals surface area contributed by atoms with Crippen LogP contribution in [-0.4, -0.2) is 12.2 Å². The van der Waals surface area contributed by atoms with Crippen LogP contribution in [0.3, 0.4) is 0 Å². The molecule has 5 rings (SSSR count). The number of ether oxygens (including phenoxy) is 1. The third-order valence-electron chi connectivity index (χ3n) is 7.41. The number of methoxy groups -OCH3 is 1. The number of phenols is 1. The molecule has 0 amide bonds. The largest absolute Gasteiger partial charge is 0.507 e. The van der Waals surface area contributed by atoms with Crippen LogP contribution in [0.2, 0.25) is 0 Å². The number of aromatic hydroxyl groups is 1. The minimum atomic E-state index is -0.374. The predicted molar refractivity (Wildman–Crippen MR) is 161 cm³/mol. The van der Waals surface area contributed by atoms with Gasteiger partial charge in [-0.1, -0.05) is 90.1 Å². The zero-order valence-electron chi connectivity index (χ0n) is 23.8. The Morgan fingerprint density at radius 2 is 1.31 bits per heavy atom. The van der Waals surface area contributed by atoms with E-state index in [1.165, 1.54) is 0 Å². The fourth-order valence-corrected chi connectivity index (χ4v) is 5.45. The van der Waals surface area contributed by atoms with Crippen LogP contribution in [0.5, 0.6) is 5.75 Å². The van der Waals surface area contributed by atoms with E-state index in [0.29, 0.717) is 23.3 Å². The van der Waals surface area contributed by atoms with Crippen LogP contribution in [0.4, 0.5) is 0 Å². The lowest BCUT2D eigenvalue weighted by atomic mass is 9.77. The monoisotopic (exact) mass is 520 g/mol. The maximum absolute atomic E-state index is 13.3. The molecular weight excluding hydrogens is 484 g/mol. The molecule has 4 heteroatoms. The third kappa shape index (κ3) is 4.74. The predicted octanol–water partition coefficient (Wildman–Crippen LogP) is 8.73. The van der Waals surface area contributed by atoms with Gasteiger partial charge >= 0.3 is 5.63 Å². The van der Waals surface area contributed by atoms with E-state index in [1.807, 2.05) is 54.6 Å². The van der Waals surface area contributed by atoms with Crippen molar-refractivity contribution in [2.45, 2.75) is 59.0 Å². The van der Waals surface area contributed by atoms with E-state index in [2.05, 4.69) is 59.7 Å². The van der Waals surface area contributed by atoms with E-state index in [9.17, 15) is 9.90 Å². The summed E-state index contributed by atoms with van der Waals surface area (Å²) in [5.41, 5.74) is 5.89. The molecule has 39 heavy (non-hydrogen) atoms. The van der Waals surface area contributed by atoms with Gasteiger partial charge in [0, 0.05) is 29.2 Å².